The summed E-state index contributed by atoms with van der Waals surface area (Å²) in [5.74, 6) is 0. The summed E-state index contributed by atoms with van der Waals surface area (Å²) in [5, 5.41) is 13.5. The molecule has 120 valence electrons. The second-order valence-electron chi connectivity index (χ2n) is 6.05. The fraction of sp³-hybridized carbons (Fsp3) is 0.316. The lowest BCUT2D eigenvalue weighted by Crippen LogP contribution is -2.42. The molecule has 1 saturated heterocycles. The Bertz CT molecular complexity index is 632. The number of piperidine rings is 1. The van der Waals surface area contributed by atoms with Crippen LogP contribution in [0.1, 0.15) is 24.0 Å². The Kier molecular flexibility index (Phi) is 4.63. The van der Waals surface area contributed by atoms with Crippen LogP contribution >= 0.6 is 0 Å². The summed E-state index contributed by atoms with van der Waals surface area (Å²) in [6, 6.07) is 18.2. The van der Waals surface area contributed by atoms with Gasteiger partial charge in [0.2, 0.25) is 6.41 Å². The highest BCUT2D eigenvalue weighted by molar-refractivity contribution is 5.50. The number of nitrogens with zero attached hydrogens (tertiary/aromatic N) is 1. The van der Waals surface area contributed by atoms with Gasteiger partial charge in [0, 0.05) is 25.3 Å². The zero-order chi connectivity index (χ0) is 16.1. The average Bonchev–Trinajstić information content (AvgIpc) is 2.62. The van der Waals surface area contributed by atoms with E-state index in [2.05, 4.69) is 22.3 Å². The number of carbonyl (C=O) groups excluding carboxylic acids is 1. The summed E-state index contributed by atoms with van der Waals surface area (Å²) in [6.45, 7) is 2.21. The van der Waals surface area contributed by atoms with Crippen LogP contribution in [0.5, 0.6) is 0 Å². The van der Waals surface area contributed by atoms with Crippen molar-refractivity contribution in [2.75, 3.05) is 18.0 Å². The Balaban J connectivity index is 1.63. The second kappa shape index (κ2) is 6.84. The molecule has 2 aromatic carbocycles. The first kappa shape index (κ1) is 15.6. The number of benzene rings is 2. The Morgan fingerprint density at radius 3 is 2.30 bits per heavy atom. The maximum absolute atomic E-state index is 10.9. The predicted octanol–water partition coefficient (Wildman–Crippen LogP) is 2.42. The van der Waals surface area contributed by atoms with Crippen molar-refractivity contribution in [3.8, 4) is 0 Å². The Morgan fingerprint density at radius 2 is 1.70 bits per heavy atom. The third-order valence-electron chi connectivity index (χ3n) is 4.59. The van der Waals surface area contributed by atoms with Crippen LogP contribution in [0.3, 0.4) is 0 Å². The van der Waals surface area contributed by atoms with Gasteiger partial charge < -0.3 is 15.3 Å². The molecule has 3 rings (SSSR count). The van der Waals surface area contributed by atoms with Gasteiger partial charge in [-0.1, -0.05) is 42.5 Å². The smallest absolute Gasteiger partial charge is 0.207 e. The monoisotopic (exact) mass is 310 g/mol. The van der Waals surface area contributed by atoms with Crippen molar-refractivity contribution in [1.82, 2.24) is 5.32 Å². The summed E-state index contributed by atoms with van der Waals surface area (Å²) < 4.78 is 0. The van der Waals surface area contributed by atoms with E-state index in [-0.39, 0.29) is 0 Å². The third kappa shape index (κ3) is 3.54. The van der Waals surface area contributed by atoms with Gasteiger partial charge in [-0.05, 0) is 36.1 Å². The summed E-state index contributed by atoms with van der Waals surface area (Å²) in [7, 11) is 0. The molecular formula is C19H22N2O2. The van der Waals surface area contributed by atoms with Crippen LogP contribution < -0.4 is 10.2 Å². The fourth-order valence-electron chi connectivity index (χ4n) is 3.16. The minimum atomic E-state index is -0.717. The predicted molar refractivity (Wildman–Crippen MR) is 91.1 cm³/mol. The van der Waals surface area contributed by atoms with Crippen molar-refractivity contribution in [1.29, 1.82) is 0 Å². The van der Waals surface area contributed by atoms with E-state index in [0.29, 0.717) is 13.0 Å². The number of hydrogen-bond acceptors (Lipinski definition) is 3. The molecule has 2 aromatic rings. The van der Waals surface area contributed by atoms with Crippen molar-refractivity contribution >= 4 is 12.1 Å². The van der Waals surface area contributed by atoms with E-state index < -0.39 is 5.60 Å². The third-order valence-corrected chi connectivity index (χ3v) is 4.59. The molecule has 0 spiro atoms. The number of anilines is 1. The first-order valence-corrected chi connectivity index (χ1v) is 8.00. The highest BCUT2D eigenvalue weighted by atomic mass is 16.3. The normalized spacial score (nSPS) is 16.8. The van der Waals surface area contributed by atoms with E-state index in [1.54, 1.807) is 0 Å². The number of rotatable bonds is 5. The zero-order valence-electron chi connectivity index (χ0n) is 13.1. The van der Waals surface area contributed by atoms with Crippen molar-refractivity contribution in [3.05, 3.63) is 65.7 Å². The topological polar surface area (TPSA) is 52.6 Å². The van der Waals surface area contributed by atoms with Crippen molar-refractivity contribution in [2.45, 2.75) is 25.0 Å². The quantitative estimate of drug-likeness (QED) is 0.834. The summed E-state index contributed by atoms with van der Waals surface area (Å²) >= 11 is 0. The molecule has 0 aromatic heterocycles. The lowest BCUT2D eigenvalue weighted by molar-refractivity contribution is -0.109. The minimum absolute atomic E-state index is 0.553. The molecule has 4 heteroatoms. The summed E-state index contributed by atoms with van der Waals surface area (Å²) in [5.41, 5.74) is 2.54. The molecule has 0 radical (unpaired) electrons. The first-order valence-electron chi connectivity index (χ1n) is 8.00. The number of amides is 1. The molecule has 0 unspecified atom stereocenters. The maximum Gasteiger partial charge on any atom is 0.207 e. The van der Waals surface area contributed by atoms with E-state index in [9.17, 15) is 9.90 Å². The minimum Gasteiger partial charge on any atom is -0.385 e. The van der Waals surface area contributed by atoms with E-state index in [1.807, 2.05) is 42.5 Å². The van der Waals surface area contributed by atoms with Crippen LogP contribution in [-0.2, 0) is 16.9 Å². The number of carbonyl (C=O) groups is 1. The number of aliphatic hydroxyl groups is 1. The van der Waals surface area contributed by atoms with Crippen LogP contribution in [0.4, 0.5) is 5.69 Å². The van der Waals surface area contributed by atoms with E-state index in [0.717, 1.165) is 42.7 Å². The maximum atomic E-state index is 10.9. The average molecular weight is 310 g/mol. The highest BCUT2D eigenvalue weighted by Gasteiger charge is 2.33. The van der Waals surface area contributed by atoms with Gasteiger partial charge in [0.25, 0.3) is 0 Å². The molecule has 0 atom stereocenters. The summed E-state index contributed by atoms with van der Waals surface area (Å²) in [4.78, 5) is 12.6. The zero-order valence-corrected chi connectivity index (χ0v) is 13.1. The Labute approximate surface area is 136 Å². The van der Waals surface area contributed by atoms with E-state index in [4.69, 9.17) is 0 Å². The molecule has 1 aliphatic heterocycles. The lowest BCUT2D eigenvalue weighted by atomic mass is 9.84. The SMILES string of the molecule is O=CNCc1ccc(N2CCC(O)(c3ccccc3)CC2)cc1. The van der Waals surface area contributed by atoms with E-state index in [1.165, 1.54) is 0 Å². The largest absolute Gasteiger partial charge is 0.385 e. The van der Waals surface area contributed by atoms with Gasteiger partial charge in [-0.25, -0.2) is 0 Å². The molecule has 1 aliphatic rings. The highest BCUT2D eigenvalue weighted by Crippen LogP contribution is 2.34. The van der Waals surface area contributed by atoms with Crippen LogP contribution in [0.15, 0.2) is 54.6 Å². The molecule has 0 aliphatic carbocycles. The van der Waals surface area contributed by atoms with Gasteiger partial charge >= 0.3 is 0 Å². The molecule has 1 fully saturated rings. The molecule has 0 saturated carbocycles. The fourth-order valence-corrected chi connectivity index (χ4v) is 3.16. The molecule has 1 amide bonds. The molecule has 4 nitrogen and oxygen atoms in total. The van der Waals surface area contributed by atoms with Gasteiger partial charge in [-0.3, -0.25) is 4.79 Å². The number of hydrogen-bond donors (Lipinski definition) is 2. The molecule has 1 heterocycles. The first-order chi connectivity index (χ1) is 11.2. The van der Waals surface area contributed by atoms with Crippen LogP contribution in [-0.4, -0.2) is 24.6 Å². The molecule has 2 N–H and O–H groups in total. The van der Waals surface area contributed by atoms with Crippen LogP contribution in [0, 0.1) is 0 Å². The summed E-state index contributed by atoms with van der Waals surface area (Å²) in [6.07, 6.45) is 2.17. The van der Waals surface area contributed by atoms with E-state index >= 15 is 0 Å². The standard InChI is InChI=1S/C19H22N2O2/c22-15-20-14-16-6-8-18(9-7-16)21-12-10-19(23,11-13-21)17-4-2-1-3-5-17/h1-9,15,23H,10-14H2,(H,20,22). The van der Waals surface area contributed by atoms with Gasteiger partial charge in [-0.2, -0.15) is 0 Å². The molecule has 0 bridgehead atoms. The van der Waals surface area contributed by atoms with Gasteiger partial charge in [0.05, 0.1) is 5.60 Å². The van der Waals surface area contributed by atoms with Gasteiger partial charge in [0.15, 0.2) is 0 Å². The van der Waals surface area contributed by atoms with Gasteiger partial charge in [0.1, 0.15) is 0 Å². The van der Waals surface area contributed by atoms with Crippen molar-refractivity contribution < 1.29 is 9.90 Å². The molecular weight excluding hydrogens is 288 g/mol. The molecule has 23 heavy (non-hydrogen) atoms. The second-order valence-corrected chi connectivity index (χ2v) is 6.05. The van der Waals surface area contributed by atoms with Gasteiger partial charge in [-0.15, -0.1) is 0 Å². The van der Waals surface area contributed by atoms with Crippen LogP contribution in [0.2, 0.25) is 0 Å². The van der Waals surface area contributed by atoms with Crippen molar-refractivity contribution in [3.63, 3.8) is 0 Å². The lowest BCUT2D eigenvalue weighted by Gasteiger charge is -2.39. The number of nitrogens with one attached hydrogen (secondary N) is 1. The Hall–Kier alpha value is -2.33. The van der Waals surface area contributed by atoms with Crippen molar-refractivity contribution in [2.24, 2.45) is 0 Å². The van der Waals surface area contributed by atoms with Crippen LogP contribution in [0.25, 0.3) is 0 Å². The Morgan fingerprint density at radius 1 is 1.04 bits per heavy atom.